The summed E-state index contributed by atoms with van der Waals surface area (Å²) in [5, 5.41) is 8.93. The number of benzene rings is 1. The van der Waals surface area contributed by atoms with Gasteiger partial charge in [0.25, 0.3) is 0 Å². The summed E-state index contributed by atoms with van der Waals surface area (Å²) in [7, 11) is 0. The second-order valence-electron chi connectivity index (χ2n) is 6.02. The van der Waals surface area contributed by atoms with Crippen molar-refractivity contribution in [3.63, 3.8) is 0 Å². The molecule has 144 valence electrons. The third kappa shape index (κ3) is 8.17. The van der Waals surface area contributed by atoms with Crippen LogP contribution in [0, 0.1) is 0 Å². The molecule has 0 amide bonds. The van der Waals surface area contributed by atoms with Crippen LogP contribution in [-0.2, 0) is 19.4 Å². The van der Waals surface area contributed by atoms with Crippen LogP contribution in [0.3, 0.4) is 0 Å². The van der Waals surface area contributed by atoms with Crippen LogP contribution in [0.1, 0.15) is 22.6 Å². The van der Waals surface area contributed by atoms with Gasteiger partial charge < -0.3 is 15.1 Å². The predicted molar refractivity (Wildman–Crippen MR) is 124 cm³/mol. The van der Waals surface area contributed by atoms with Crippen LogP contribution in [0.15, 0.2) is 75.7 Å². The van der Waals surface area contributed by atoms with E-state index in [4.69, 9.17) is 9.41 Å². The Morgan fingerprint density at radius 1 is 0.926 bits per heavy atom. The average Bonchev–Trinajstić information content (AvgIpc) is 3.37. The Balaban J connectivity index is 0.00000261. The number of aliphatic imine (C=N–C) groups is 1. The van der Waals surface area contributed by atoms with Gasteiger partial charge in [0.2, 0.25) is 0 Å². The fourth-order valence-corrected chi connectivity index (χ4v) is 3.26. The van der Waals surface area contributed by atoms with Gasteiger partial charge in [-0.25, -0.2) is 4.99 Å². The van der Waals surface area contributed by atoms with Crippen LogP contribution < -0.4 is 10.6 Å². The monoisotopic (exact) mass is 495 g/mol. The van der Waals surface area contributed by atoms with E-state index in [0.717, 1.165) is 44.1 Å². The molecular formula is C21H26IN3OS. The number of guanidine groups is 1. The van der Waals surface area contributed by atoms with Gasteiger partial charge in [-0.2, -0.15) is 0 Å². The number of nitrogens with one attached hydrogen (secondary N) is 2. The predicted octanol–water partition coefficient (Wildman–Crippen LogP) is 4.87. The van der Waals surface area contributed by atoms with Gasteiger partial charge in [0.15, 0.2) is 5.96 Å². The van der Waals surface area contributed by atoms with Crippen molar-refractivity contribution in [2.45, 2.75) is 25.8 Å². The number of nitrogens with zero attached hydrogens (tertiary/aromatic N) is 1. The lowest BCUT2D eigenvalue weighted by atomic mass is 10.1. The largest absolute Gasteiger partial charge is 0.469 e. The number of aryl methyl sites for hydroxylation is 1. The molecule has 2 aromatic heterocycles. The van der Waals surface area contributed by atoms with Gasteiger partial charge in [-0.1, -0.05) is 36.4 Å². The van der Waals surface area contributed by atoms with Crippen LogP contribution >= 0.6 is 35.3 Å². The summed E-state index contributed by atoms with van der Waals surface area (Å²) in [4.78, 5) is 5.97. The molecule has 0 bridgehead atoms. The van der Waals surface area contributed by atoms with Crippen molar-refractivity contribution in [3.8, 4) is 0 Å². The molecule has 0 saturated heterocycles. The fourth-order valence-electron chi connectivity index (χ4n) is 2.64. The first-order valence-corrected chi connectivity index (χ1v) is 9.89. The molecule has 0 saturated carbocycles. The van der Waals surface area contributed by atoms with Crippen molar-refractivity contribution in [1.29, 1.82) is 0 Å². The van der Waals surface area contributed by atoms with E-state index in [1.54, 1.807) is 17.6 Å². The lowest BCUT2D eigenvalue weighted by Crippen LogP contribution is -2.39. The summed E-state index contributed by atoms with van der Waals surface area (Å²) in [6, 6.07) is 18.7. The summed E-state index contributed by atoms with van der Waals surface area (Å²) in [5.74, 6) is 1.84. The van der Waals surface area contributed by atoms with E-state index >= 15 is 0 Å². The normalized spacial score (nSPS) is 11.0. The third-order valence-corrected chi connectivity index (χ3v) is 4.86. The highest BCUT2D eigenvalue weighted by Crippen LogP contribution is 2.09. The zero-order chi connectivity index (χ0) is 17.9. The molecule has 0 aliphatic heterocycles. The molecule has 4 nitrogen and oxygen atoms in total. The van der Waals surface area contributed by atoms with E-state index in [0.29, 0.717) is 6.54 Å². The van der Waals surface area contributed by atoms with E-state index in [-0.39, 0.29) is 24.0 Å². The average molecular weight is 495 g/mol. The van der Waals surface area contributed by atoms with Crippen LogP contribution in [0.25, 0.3) is 0 Å². The molecule has 6 heteroatoms. The molecule has 2 heterocycles. The molecule has 0 atom stereocenters. The first kappa shape index (κ1) is 21.5. The van der Waals surface area contributed by atoms with Crippen LogP contribution in [0.2, 0.25) is 0 Å². The number of hydrogen-bond acceptors (Lipinski definition) is 3. The minimum absolute atomic E-state index is 0. The highest BCUT2D eigenvalue weighted by Gasteiger charge is 2.01. The van der Waals surface area contributed by atoms with Crippen LogP contribution in [-0.4, -0.2) is 19.0 Å². The second kappa shape index (κ2) is 12.6. The molecule has 0 spiro atoms. The fraction of sp³-hybridized carbons (Fsp3) is 0.286. The van der Waals surface area contributed by atoms with Gasteiger partial charge in [0, 0.05) is 24.4 Å². The van der Waals surface area contributed by atoms with Crippen molar-refractivity contribution in [2.75, 3.05) is 13.1 Å². The second-order valence-corrected chi connectivity index (χ2v) is 7.05. The van der Waals surface area contributed by atoms with E-state index in [1.165, 1.54) is 10.4 Å². The van der Waals surface area contributed by atoms with E-state index in [9.17, 15) is 0 Å². The third-order valence-electron chi connectivity index (χ3n) is 3.99. The summed E-state index contributed by atoms with van der Waals surface area (Å²) >= 11 is 1.73. The summed E-state index contributed by atoms with van der Waals surface area (Å²) in [5.41, 5.74) is 1.37. The minimum atomic E-state index is 0. The number of furan rings is 1. The number of halogens is 1. The molecule has 0 aliphatic rings. The van der Waals surface area contributed by atoms with Crippen molar-refractivity contribution >= 4 is 41.3 Å². The van der Waals surface area contributed by atoms with E-state index in [1.807, 2.05) is 12.1 Å². The molecule has 0 aliphatic carbocycles. The molecule has 1 aromatic carbocycles. The molecule has 0 unspecified atom stereocenters. The molecule has 2 N–H and O–H groups in total. The lowest BCUT2D eigenvalue weighted by molar-refractivity contribution is 0.506. The molecule has 27 heavy (non-hydrogen) atoms. The van der Waals surface area contributed by atoms with Gasteiger partial charge in [-0.05, 0) is 42.0 Å². The maximum absolute atomic E-state index is 5.38. The van der Waals surface area contributed by atoms with E-state index < -0.39 is 0 Å². The zero-order valence-electron chi connectivity index (χ0n) is 15.3. The first-order valence-electron chi connectivity index (χ1n) is 9.01. The highest BCUT2D eigenvalue weighted by molar-refractivity contribution is 14.0. The van der Waals surface area contributed by atoms with Gasteiger partial charge >= 0.3 is 0 Å². The summed E-state index contributed by atoms with van der Waals surface area (Å²) in [6.07, 6.45) is 4.69. The Morgan fingerprint density at radius 2 is 1.78 bits per heavy atom. The zero-order valence-corrected chi connectivity index (χ0v) is 18.4. The Labute approximate surface area is 182 Å². The highest BCUT2D eigenvalue weighted by atomic mass is 127. The number of hydrogen-bond donors (Lipinski definition) is 2. The van der Waals surface area contributed by atoms with Gasteiger partial charge in [0.05, 0.1) is 12.8 Å². The number of rotatable bonds is 9. The molecular weight excluding hydrogens is 469 g/mol. The minimum Gasteiger partial charge on any atom is -0.469 e. The topological polar surface area (TPSA) is 49.6 Å². The molecule has 0 radical (unpaired) electrons. The Kier molecular flexibility index (Phi) is 10.0. The Bertz CT molecular complexity index is 758. The van der Waals surface area contributed by atoms with Crippen molar-refractivity contribution in [1.82, 2.24) is 10.6 Å². The molecule has 0 fully saturated rings. The van der Waals surface area contributed by atoms with Crippen molar-refractivity contribution in [3.05, 3.63) is 82.4 Å². The number of thiophene rings is 1. The maximum Gasteiger partial charge on any atom is 0.191 e. The standard InChI is InChI=1S/C21H25N3OS.HI/c1-2-7-18(8-3-1)9-4-13-22-21(24-17-20-11-6-16-26-20)23-14-12-19-10-5-15-25-19;/h1-3,5-8,10-11,15-16H,4,9,12-14,17H2,(H2,22,23,24);1H. The van der Waals surface area contributed by atoms with Crippen LogP contribution in [0.5, 0.6) is 0 Å². The quantitative estimate of drug-likeness (QED) is 0.193. The first-order chi connectivity index (χ1) is 12.9. The Hall–Kier alpha value is -1.80. The smallest absolute Gasteiger partial charge is 0.191 e. The molecule has 3 aromatic rings. The van der Waals surface area contributed by atoms with Gasteiger partial charge in [0.1, 0.15) is 5.76 Å². The molecule has 3 rings (SSSR count). The Morgan fingerprint density at radius 3 is 2.52 bits per heavy atom. The lowest BCUT2D eigenvalue weighted by Gasteiger charge is -2.12. The summed E-state index contributed by atoms with van der Waals surface area (Å²) in [6.45, 7) is 2.39. The van der Waals surface area contributed by atoms with Gasteiger partial charge in [-0.15, -0.1) is 35.3 Å². The van der Waals surface area contributed by atoms with Crippen LogP contribution in [0.4, 0.5) is 0 Å². The van der Waals surface area contributed by atoms with E-state index in [2.05, 4.69) is 58.5 Å². The van der Waals surface area contributed by atoms with Gasteiger partial charge in [-0.3, -0.25) is 0 Å². The maximum atomic E-state index is 5.38. The summed E-state index contributed by atoms with van der Waals surface area (Å²) < 4.78 is 5.38. The van der Waals surface area contributed by atoms with Crippen molar-refractivity contribution < 1.29 is 4.42 Å². The van der Waals surface area contributed by atoms with Crippen molar-refractivity contribution in [2.24, 2.45) is 4.99 Å². The SMILES string of the molecule is I.c1ccc(CCCNC(=NCc2cccs2)NCCc2ccco2)cc1.